The summed E-state index contributed by atoms with van der Waals surface area (Å²) < 4.78 is 12.6. The van der Waals surface area contributed by atoms with E-state index in [0.717, 1.165) is 5.56 Å². The van der Waals surface area contributed by atoms with Gasteiger partial charge in [0, 0.05) is 11.8 Å². The Bertz CT molecular complexity index is 1060. The molecule has 0 aliphatic heterocycles. The monoisotopic (exact) mass is 394 g/mol. The molecule has 1 atom stereocenters. The maximum absolute atomic E-state index is 12.3. The van der Waals surface area contributed by atoms with E-state index in [-0.39, 0.29) is 13.3 Å². The Kier molecular flexibility index (Phi) is 6.76. The highest BCUT2D eigenvalue weighted by Gasteiger charge is 2.17. The number of carbonyl (C=O) groups is 1. The highest BCUT2D eigenvalue weighted by Crippen LogP contribution is 2.19. The molecule has 29 heavy (non-hydrogen) atoms. The normalized spacial score (nSPS) is 11.8. The van der Waals surface area contributed by atoms with Crippen LogP contribution in [-0.4, -0.2) is 22.1 Å². The number of carbonyl (C=O) groups excluding carboxylic acids is 1. The van der Waals surface area contributed by atoms with Gasteiger partial charge in [0.2, 0.25) is 0 Å². The molecule has 1 unspecified atom stereocenters. The van der Waals surface area contributed by atoms with E-state index in [2.05, 4.69) is 4.98 Å². The SMILES string of the molecule is CCc1cn(COC(COC(=O)c2ccccc2)c2ccccc2)c(=O)[nH]c1=O. The number of nitrogens with zero attached hydrogens (tertiary/aromatic N) is 1. The molecule has 0 fully saturated rings. The number of aromatic nitrogens is 2. The molecule has 2 aromatic carbocycles. The Morgan fingerprint density at radius 3 is 2.34 bits per heavy atom. The summed E-state index contributed by atoms with van der Waals surface area (Å²) in [6, 6.07) is 18.0. The highest BCUT2D eigenvalue weighted by molar-refractivity contribution is 5.89. The van der Waals surface area contributed by atoms with Crippen LogP contribution in [0.2, 0.25) is 0 Å². The van der Waals surface area contributed by atoms with Gasteiger partial charge in [-0.3, -0.25) is 14.3 Å². The third-order valence-electron chi connectivity index (χ3n) is 4.43. The molecular formula is C22H22N2O5. The van der Waals surface area contributed by atoms with Gasteiger partial charge in [0.25, 0.3) is 5.56 Å². The first-order valence-electron chi connectivity index (χ1n) is 9.30. The molecule has 0 spiro atoms. The van der Waals surface area contributed by atoms with Crippen molar-refractivity contribution in [3.63, 3.8) is 0 Å². The van der Waals surface area contributed by atoms with Gasteiger partial charge >= 0.3 is 11.7 Å². The van der Waals surface area contributed by atoms with Crippen molar-refractivity contribution in [2.24, 2.45) is 0 Å². The van der Waals surface area contributed by atoms with Crippen LogP contribution in [0.15, 0.2) is 76.4 Å². The molecule has 0 aliphatic rings. The number of nitrogens with one attached hydrogen (secondary N) is 1. The summed E-state index contributed by atoms with van der Waals surface area (Å²) in [7, 11) is 0. The zero-order valence-electron chi connectivity index (χ0n) is 16.0. The Hall–Kier alpha value is -3.45. The minimum atomic E-state index is -0.576. The summed E-state index contributed by atoms with van der Waals surface area (Å²) in [6.45, 7) is 1.72. The van der Waals surface area contributed by atoms with Gasteiger partial charge in [0.05, 0.1) is 5.56 Å². The van der Waals surface area contributed by atoms with Crippen molar-refractivity contribution in [1.82, 2.24) is 9.55 Å². The molecule has 7 nitrogen and oxygen atoms in total. The van der Waals surface area contributed by atoms with Crippen molar-refractivity contribution in [2.45, 2.75) is 26.2 Å². The van der Waals surface area contributed by atoms with E-state index in [1.54, 1.807) is 24.3 Å². The summed E-state index contributed by atoms with van der Waals surface area (Å²) in [6.07, 6.45) is 1.40. The van der Waals surface area contributed by atoms with Gasteiger partial charge in [-0.05, 0) is 24.1 Å². The van der Waals surface area contributed by atoms with Crippen LogP contribution in [0.25, 0.3) is 0 Å². The Balaban J connectivity index is 1.74. The summed E-state index contributed by atoms with van der Waals surface area (Å²) in [5, 5.41) is 0. The number of H-pyrrole nitrogens is 1. The number of aromatic amines is 1. The summed E-state index contributed by atoms with van der Waals surface area (Å²) >= 11 is 0. The van der Waals surface area contributed by atoms with E-state index in [1.807, 2.05) is 43.3 Å². The van der Waals surface area contributed by atoms with Gasteiger partial charge < -0.3 is 9.47 Å². The van der Waals surface area contributed by atoms with Crippen LogP contribution < -0.4 is 11.2 Å². The minimum absolute atomic E-state index is 0.0174. The molecule has 0 amide bonds. The number of hydrogen-bond donors (Lipinski definition) is 1. The maximum atomic E-state index is 12.3. The van der Waals surface area contributed by atoms with E-state index in [9.17, 15) is 14.4 Å². The van der Waals surface area contributed by atoms with Gasteiger partial charge in [-0.2, -0.15) is 0 Å². The van der Waals surface area contributed by atoms with Crippen LogP contribution in [0, 0.1) is 0 Å². The van der Waals surface area contributed by atoms with Gasteiger partial charge in [-0.25, -0.2) is 9.59 Å². The number of esters is 1. The zero-order valence-corrected chi connectivity index (χ0v) is 16.0. The first-order valence-corrected chi connectivity index (χ1v) is 9.30. The predicted molar refractivity (Wildman–Crippen MR) is 108 cm³/mol. The third-order valence-corrected chi connectivity index (χ3v) is 4.43. The molecule has 3 rings (SSSR count). The average molecular weight is 394 g/mol. The molecule has 3 aromatic rings. The molecule has 1 heterocycles. The van der Waals surface area contributed by atoms with Crippen LogP contribution >= 0.6 is 0 Å². The zero-order chi connectivity index (χ0) is 20.6. The molecule has 150 valence electrons. The average Bonchev–Trinajstić information content (AvgIpc) is 2.76. The number of rotatable bonds is 8. The molecular weight excluding hydrogens is 372 g/mol. The molecule has 1 N–H and O–H groups in total. The van der Waals surface area contributed by atoms with Crippen LogP contribution in [0.5, 0.6) is 0 Å². The lowest BCUT2D eigenvalue weighted by Crippen LogP contribution is -2.32. The smallest absolute Gasteiger partial charge is 0.338 e. The number of aryl methyl sites for hydroxylation is 1. The van der Waals surface area contributed by atoms with Crippen molar-refractivity contribution in [3.8, 4) is 0 Å². The lowest BCUT2D eigenvalue weighted by molar-refractivity contribution is -0.0377. The van der Waals surface area contributed by atoms with E-state index in [4.69, 9.17) is 9.47 Å². The van der Waals surface area contributed by atoms with Crippen LogP contribution in [0.3, 0.4) is 0 Å². The minimum Gasteiger partial charge on any atom is -0.459 e. The summed E-state index contributed by atoms with van der Waals surface area (Å²) in [4.78, 5) is 38.3. The second-order valence-electron chi connectivity index (χ2n) is 6.40. The van der Waals surface area contributed by atoms with Crippen LogP contribution in [0.4, 0.5) is 0 Å². The number of ether oxygens (including phenoxy) is 2. The molecule has 0 saturated heterocycles. The third kappa shape index (κ3) is 5.30. The van der Waals surface area contributed by atoms with Crippen molar-refractivity contribution < 1.29 is 14.3 Å². The molecule has 7 heteroatoms. The quantitative estimate of drug-likeness (QED) is 0.593. The first-order chi connectivity index (χ1) is 14.1. The van der Waals surface area contributed by atoms with Crippen LogP contribution in [0.1, 0.15) is 34.5 Å². The topological polar surface area (TPSA) is 90.4 Å². The van der Waals surface area contributed by atoms with Crippen molar-refractivity contribution in [3.05, 3.63) is 104 Å². The van der Waals surface area contributed by atoms with E-state index in [0.29, 0.717) is 17.5 Å². The second kappa shape index (κ2) is 9.66. The Labute approximate surface area is 167 Å². The lowest BCUT2D eigenvalue weighted by Gasteiger charge is -2.19. The Morgan fingerprint density at radius 2 is 1.69 bits per heavy atom. The standard InChI is InChI=1S/C22H22N2O5/c1-2-16-13-24(22(27)23-20(16)25)15-29-19(17-9-5-3-6-10-17)14-28-21(26)18-11-7-4-8-12-18/h3-13,19H,2,14-15H2,1H3,(H,23,25,27). The molecule has 0 saturated carbocycles. The summed E-state index contributed by atoms with van der Waals surface area (Å²) in [5.74, 6) is -0.454. The molecule has 0 radical (unpaired) electrons. The highest BCUT2D eigenvalue weighted by atomic mass is 16.6. The predicted octanol–water partition coefficient (Wildman–Crippen LogP) is 2.67. The second-order valence-corrected chi connectivity index (χ2v) is 6.40. The van der Waals surface area contributed by atoms with E-state index >= 15 is 0 Å². The Morgan fingerprint density at radius 1 is 1.03 bits per heavy atom. The summed E-state index contributed by atoms with van der Waals surface area (Å²) in [5.41, 5.74) is 0.788. The fraction of sp³-hybridized carbons (Fsp3) is 0.227. The number of benzene rings is 2. The first kappa shape index (κ1) is 20.3. The maximum Gasteiger partial charge on any atom is 0.338 e. The van der Waals surface area contributed by atoms with Crippen molar-refractivity contribution in [1.29, 1.82) is 0 Å². The van der Waals surface area contributed by atoms with E-state index in [1.165, 1.54) is 10.8 Å². The lowest BCUT2D eigenvalue weighted by atomic mass is 10.1. The van der Waals surface area contributed by atoms with Gasteiger partial charge in [-0.1, -0.05) is 55.5 Å². The molecule has 0 bridgehead atoms. The number of hydrogen-bond acceptors (Lipinski definition) is 5. The van der Waals surface area contributed by atoms with Gasteiger partial charge in [0.1, 0.15) is 19.4 Å². The van der Waals surface area contributed by atoms with Crippen molar-refractivity contribution in [2.75, 3.05) is 6.61 Å². The van der Waals surface area contributed by atoms with E-state index < -0.39 is 23.3 Å². The fourth-order valence-corrected chi connectivity index (χ4v) is 2.79. The largest absolute Gasteiger partial charge is 0.459 e. The molecule has 0 aliphatic carbocycles. The van der Waals surface area contributed by atoms with Gasteiger partial charge in [-0.15, -0.1) is 0 Å². The van der Waals surface area contributed by atoms with Crippen LogP contribution in [-0.2, 0) is 22.6 Å². The van der Waals surface area contributed by atoms with Gasteiger partial charge in [0.15, 0.2) is 0 Å². The molecule has 1 aromatic heterocycles. The van der Waals surface area contributed by atoms with Crippen molar-refractivity contribution >= 4 is 5.97 Å². The fourth-order valence-electron chi connectivity index (χ4n) is 2.79.